The molecule has 0 aliphatic heterocycles. The topological polar surface area (TPSA) is 62.3 Å². The van der Waals surface area contributed by atoms with Crippen molar-refractivity contribution in [2.45, 2.75) is 26.2 Å². The summed E-state index contributed by atoms with van der Waals surface area (Å²) in [4.78, 5) is 30.4. The maximum Gasteiger partial charge on any atom is 0.272 e. The lowest BCUT2D eigenvalue weighted by atomic mass is 10.1. The predicted molar refractivity (Wildman–Crippen MR) is 98.6 cm³/mol. The van der Waals surface area contributed by atoms with Crippen LogP contribution in [0, 0.1) is 0 Å². The van der Waals surface area contributed by atoms with Crippen molar-refractivity contribution in [1.82, 2.24) is 15.2 Å². The summed E-state index contributed by atoms with van der Waals surface area (Å²) in [6.07, 6.45) is 4.24. The number of unbranched alkanes of at least 4 members (excludes halogenated alkanes) is 1. The number of nitrogens with one attached hydrogen (secondary N) is 1. The Labute approximate surface area is 149 Å². The van der Waals surface area contributed by atoms with Gasteiger partial charge in [0.05, 0.1) is 0 Å². The van der Waals surface area contributed by atoms with Crippen LogP contribution in [0.5, 0.6) is 0 Å². The second-order valence-electron chi connectivity index (χ2n) is 6.00. The lowest BCUT2D eigenvalue weighted by molar-refractivity contribution is 0.0787. The molecule has 0 atom stereocenters. The molecule has 2 amide bonds. The number of aromatic nitrogens is 1. The minimum atomic E-state index is -0.191. The lowest BCUT2D eigenvalue weighted by Crippen LogP contribution is -2.29. The standard InChI is InChI=1S/C20H25N3O2/c1-3-4-14-23(2)20(25)18-15-17(11-13-21-18)19(24)22-12-10-16-8-6-5-7-9-16/h5-9,11,13,15H,3-4,10,12,14H2,1-2H3,(H,22,24). The van der Waals surface area contributed by atoms with E-state index < -0.39 is 0 Å². The number of pyridine rings is 1. The highest BCUT2D eigenvalue weighted by atomic mass is 16.2. The van der Waals surface area contributed by atoms with E-state index in [1.165, 1.54) is 11.8 Å². The van der Waals surface area contributed by atoms with Crippen LogP contribution in [-0.2, 0) is 6.42 Å². The van der Waals surface area contributed by atoms with Gasteiger partial charge in [-0.15, -0.1) is 0 Å². The Balaban J connectivity index is 1.93. The molecule has 0 spiro atoms. The number of hydrogen-bond acceptors (Lipinski definition) is 3. The number of carbonyl (C=O) groups is 2. The van der Waals surface area contributed by atoms with E-state index in [0.717, 1.165) is 19.3 Å². The molecule has 1 N–H and O–H groups in total. The van der Waals surface area contributed by atoms with Crippen LogP contribution in [0.2, 0.25) is 0 Å². The molecule has 0 bridgehead atoms. The van der Waals surface area contributed by atoms with E-state index in [9.17, 15) is 9.59 Å². The predicted octanol–water partition coefficient (Wildman–Crippen LogP) is 2.93. The van der Waals surface area contributed by atoms with Crippen LogP contribution in [0.25, 0.3) is 0 Å². The van der Waals surface area contributed by atoms with Gasteiger partial charge < -0.3 is 10.2 Å². The molecule has 2 rings (SSSR count). The van der Waals surface area contributed by atoms with Gasteiger partial charge in [0.15, 0.2) is 0 Å². The van der Waals surface area contributed by atoms with Crippen LogP contribution in [0.1, 0.15) is 46.2 Å². The third kappa shape index (κ3) is 5.71. The second-order valence-corrected chi connectivity index (χ2v) is 6.00. The van der Waals surface area contributed by atoms with Gasteiger partial charge in [0.2, 0.25) is 0 Å². The van der Waals surface area contributed by atoms with Crippen molar-refractivity contribution in [2.75, 3.05) is 20.1 Å². The summed E-state index contributed by atoms with van der Waals surface area (Å²) in [6, 6.07) is 13.2. The molecule has 1 aromatic heterocycles. The Hall–Kier alpha value is -2.69. The molecule has 2 aromatic rings. The van der Waals surface area contributed by atoms with E-state index in [4.69, 9.17) is 0 Å². The quantitative estimate of drug-likeness (QED) is 0.804. The van der Waals surface area contributed by atoms with E-state index in [1.807, 2.05) is 30.3 Å². The first-order valence-electron chi connectivity index (χ1n) is 8.65. The third-order valence-corrected chi connectivity index (χ3v) is 3.98. The van der Waals surface area contributed by atoms with Crippen LogP contribution in [-0.4, -0.2) is 41.8 Å². The first kappa shape index (κ1) is 18.6. The van der Waals surface area contributed by atoms with Crippen LogP contribution in [0.15, 0.2) is 48.7 Å². The Morgan fingerprint density at radius 3 is 2.64 bits per heavy atom. The average molecular weight is 339 g/mol. The van der Waals surface area contributed by atoms with Crippen LogP contribution >= 0.6 is 0 Å². The highest BCUT2D eigenvalue weighted by molar-refractivity contribution is 5.98. The number of nitrogens with zero attached hydrogens (tertiary/aromatic N) is 2. The Morgan fingerprint density at radius 2 is 1.92 bits per heavy atom. The summed E-state index contributed by atoms with van der Waals surface area (Å²) in [5, 5.41) is 2.89. The fourth-order valence-corrected chi connectivity index (χ4v) is 2.45. The zero-order chi connectivity index (χ0) is 18.1. The first-order chi connectivity index (χ1) is 12.1. The van der Waals surface area contributed by atoms with E-state index in [1.54, 1.807) is 24.1 Å². The van der Waals surface area contributed by atoms with Crippen molar-refractivity contribution >= 4 is 11.8 Å². The maximum absolute atomic E-state index is 12.4. The minimum Gasteiger partial charge on any atom is -0.352 e. The Morgan fingerprint density at radius 1 is 1.16 bits per heavy atom. The van der Waals surface area contributed by atoms with E-state index in [0.29, 0.717) is 24.3 Å². The normalized spacial score (nSPS) is 10.3. The van der Waals surface area contributed by atoms with Gasteiger partial charge in [-0.05, 0) is 30.5 Å². The molecule has 0 aliphatic rings. The van der Waals surface area contributed by atoms with Crippen molar-refractivity contribution in [2.24, 2.45) is 0 Å². The van der Waals surface area contributed by atoms with Crippen LogP contribution < -0.4 is 5.32 Å². The number of rotatable bonds is 8. The SMILES string of the molecule is CCCCN(C)C(=O)c1cc(C(=O)NCCc2ccccc2)ccn1. The number of amides is 2. The minimum absolute atomic E-state index is 0.160. The summed E-state index contributed by atoms with van der Waals surface area (Å²) < 4.78 is 0. The largest absolute Gasteiger partial charge is 0.352 e. The summed E-state index contributed by atoms with van der Waals surface area (Å²) in [5.41, 5.74) is 1.93. The molecule has 0 radical (unpaired) electrons. The van der Waals surface area contributed by atoms with Gasteiger partial charge in [0.1, 0.15) is 5.69 Å². The zero-order valence-electron chi connectivity index (χ0n) is 14.9. The molecule has 1 aromatic carbocycles. The smallest absolute Gasteiger partial charge is 0.272 e. The maximum atomic E-state index is 12.4. The van der Waals surface area contributed by atoms with E-state index in [2.05, 4.69) is 17.2 Å². The van der Waals surface area contributed by atoms with Gasteiger partial charge in [-0.1, -0.05) is 43.7 Å². The second kappa shape index (κ2) is 9.57. The Bertz CT molecular complexity index is 701. The van der Waals surface area contributed by atoms with Gasteiger partial charge >= 0.3 is 0 Å². The fourth-order valence-electron chi connectivity index (χ4n) is 2.45. The fraction of sp³-hybridized carbons (Fsp3) is 0.350. The van der Waals surface area contributed by atoms with Gasteiger partial charge in [-0.2, -0.15) is 0 Å². The summed E-state index contributed by atoms with van der Waals surface area (Å²) in [5.74, 6) is -0.351. The highest BCUT2D eigenvalue weighted by Gasteiger charge is 2.15. The van der Waals surface area contributed by atoms with Gasteiger partial charge in [-0.3, -0.25) is 14.6 Å². The van der Waals surface area contributed by atoms with Crippen molar-refractivity contribution in [3.05, 3.63) is 65.5 Å². The molecule has 5 heteroatoms. The zero-order valence-corrected chi connectivity index (χ0v) is 14.9. The molecule has 0 aliphatic carbocycles. The number of benzene rings is 1. The Kier molecular flexibility index (Phi) is 7.14. The number of carbonyl (C=O) groups excluding carboxylic acids is 2. The summed E-state index contributed by atoms with van der Waals surface area (Å²) in [6.45, 7) is 3.31. The van der Waals surface area contributed by atoms with E-state index >= 15 is 0 Å². The van der Waals surface area contributed by atoms with Gasteiger partial charge in [0, 0.05) is 31.9 Å². The molecule has 5 nitrogen and oxygen atoms in total. The van der Waals surface area contributed by atoms with Crippen molar-refractivity contribution in [3.63, 3.8) is 0 Å². The molecule has 0 fully saturated rings. The first-order valence-corrected chi connectivity index (χ1v) is 8.65. The molecular weight excluding hydrogens is 314 g/mol. The third-order valence-electron chi connectivity index (χ3n) is 3.98. The van der Waals surface area contributed by atoms with Crippen molar-refractivity contribution < 1.29 is 9.59 Å². The summed E-state index contributed by atoms with van der Waals surface area (Å²) in [7, 11) is 1.76. The van der Waals surface area contributed by atoms with Gasteiger partial charge in [0.25, 0.3) is 11.8 Å². The monoisotopic (exact) mass is 339 g/mol. The van der Waals surface area contributed by atoms with Crippen LogP contribution in [0.4, 0.5) is 0 Å². The van der Waals surface area contributed by atoms with Crippen LogP contribution in [0.3, 0.4) is 0 Å². The molecule has 0 unspecified atom stereocenters. The van der Waals surface area contributed by atoms with Gasteiger partial charge in [-0.25, -0.2) is 0 Å². The molecule has 1 heterocycles. The number of hydrogen-bond donors (Lipinski definition) is 1. The van der Waals surface area contributed by atoms with E-state index in [-0.39, 0.29) is 11.8 Å². The van der Waals surface area contributed by atoms with Crippen molar-refractivity contribution in [1.29, 1.82) is 0 Å². The molecule has 25 heavy (non-hydrogen) atoms. The molecule has 0 saturated heterocycles. The van der Waals surface area contributed by atoms with Crippen molar-refractivity contribution in [3.8, 4) is 0 Å². The molecular formula is C20H25N3O2. The summed E-state index contributed by atoms with van der Waals surface area (Å²) >= 11 is 0. The molecule has 132 valence electrons. The molecule has 0 saturated carbocycles. The lowest BCUT2D eigenvalue weighted by Gasteiger charge is -2.16. The average Bonchev–Trinajstić information content (AvgIpc) is 2.66. The highest BCUT2D eigenvalue weighted by Crippen LogP contribution is 2.06.